The molecule has 12 heavy (non-hydrogen) atoms. The van der Waals surface area contributed by atoms with E-state index in [1.54, 1.807) is 0 Å². The molecular weight excluding hydrogens is 154 g/mol. The van der Waals surface area contributed by atoms with Crippen molar-refractivity contribution < 1.29 is 9.47 Å². The van der Waals surface area contributed by atoms with Crippen LogP contribution in [0.15, 0.2) is 24.4 Å². The smallest absolute Gasteiger partial charge is 0.231 e. The van der Waals surface area contributed by atoms with Gasteiger partial charge in [-0.1, -0.05) is 6.07 Å². The van der Waals surface area contributed by atoms with Crippen LogP contribution in [-0.4, -0.2) is 6.79 Å². The number of ether oxygens (including phenoxy) is 2. The third kappa shape index (κ3) is 1.09. The fourth-order valence-electron chi connectivity index (χ4n) is 1.13. The minimum absolute atomic E-state index is 0.311. The van der Waals surface area contributed by atoms with E-state index in [1.165, 1.54) is 6.20 Å². The summed E-state index contributed by atoms with van der Waals surface area (Å²) < 4.78 is 10.3. The number of hydrogen-bond acceptors (Lipinski definition) is 3. The Hall–Kier alpha value is -1.64. The molecule has 0 saturated carbocycles. The first-order chi connectivity index (χ1) is 5.90. The zero-order valence-corrected chi connectivity index (χ0v) is 6.49. The summed E-state index contributed by atoms with van der Waals surface area (Å²) in [7, 11) is 0. The first-order valence-corrected chi connectivity index (χ1v) is 3.68. The van der Waals surface area contributed by atoms with Crippen molar-refractivity contribution in [3.05, 3.63) is 30.0 Å². The van der Waals surface area contributed by atoms with Crippen LogP contribution in [-0.2, 0) is 0 Å². The fourth-order valence-corrected chi connectivity index (χ4v) is 1.13. The molecule has 1 aliphatic heterocycles. The van der Waals surface area contributed by atoms with Gasteiger partial charge in [-0.3, -0.25) is 0 Å². The summed E-state index contributed by atoms with van der Waals surface area (Å²) in [5, 5.41) is 0. The van der Waals surface area contributed by atoms with E-state index in [2.05, 4.69) is 0 Å². The Morgan fingerprint density at radius 3 is 2.92 bits per heavy atom. The van der Waals surface area contributed by atoms with Crippen molar-refractivity contribution in [2.75, 3.05) is 6.79 Å². The zero-order valence-electron chi connectivity index (χ0n) is 6.49. The molecule has 1 heterocycles. The van der Waals surface area contributed by atoms with E-state index in [4.69, 9.17) is 15.2 Å². The van der Waals surface area contributed by atoms with Gasteiger partial charge in [0.05, 0.1) is 0 Å². The molecule has 0 unspecified atom stereocenters. The van der Waals surface area contributed by atoms with Crippen molar-refractivity contribution in [2.24, 2.45) is 5.73 Å². The second-order valence-electron chi connectivity index (χ2n) is 2.47. The molecule has 3 heteroatoms. The number of fused-ring (bicyclic) bond motifs is 1. The molecule has 0 spiro atoms. The van der Waals surface area contributed by atoms with Crippen LogP contribution in [0.3, 0.4) is 0 Å². The summed E-state index contributed by atoms with van der Waals surface area (Å²) in [5.41, 5.74) is 6.27. The Balaban J connectivity index is 2.38. The van der Waals surface area contributed by atoms with E-state index in [0.29, 0.717) is 6.79 Å². The number of benzene rings is 1. The SMILES string of the molecule is NC=Cc1ccc2c(c1)OCO2. The summed E-state index contributed by atoms with van der Waals surface area (Å²) >= 11 is 0. The van der Waals surface area contributed by atoms with Gasteiger partial charge in [0.2, 0.25) is 6.79 Å². The third-order valence-corrected chi connectivity index (χ3v) is 1.69. The molecule has 0 fully saturated rings. The second kappa shape index (κ2) is 2.77. The van der Waals surface area contributed by atoms with Crippen molar-refractivity contribution in [3.63, 3.8) is 0 Å². The van der Waals surface area contributed by atoms with Crippen LogP contribution in [0.4, 0.5) is 0 Å². The van der Waals surface area contributed by atoms with Crippen LogP contribution >= 0.6 is 0 Å². The van der Waals surface area contributed by atoms with Crippen LogP contribution in [0.1, 0.15) is 5.56 Å². The first kappa shape index (κ1) is 7.03. The van der Waals surface area contributed by atoms with E-state index < -0.39 is 0 Å². The van der Waals surface area contributed by atoms with Gasteiger partial charge < -0.3 is 15.2 Å². The maximum absolute atomic E-state index is 5.25. The van der Waals surface area contributed by atoms with Gasteiger partial charge >= 0.3 is 0 Å². The van der Waals surface area contributed by atoms with Gasteiger partial charge in [-0.2, -0.15) is 0 Å². The molecule has 0 amide bonds. The van der Waals surface area contributed by atoms with Gasteiger partial charge in [0.1, 0.15) is 0 Å². The number of nitrogens with two attached hydrogens (primary N) is 1. The van der Waals surface area contributed by atoms with Gasteiger partial charge in [-0.25, -0.2) is 0 Å². The molecule has 2 N–H and O–H groups in total. The van der Waals surface area contributed by atoms with Gasteiger partial charge in [-0.05, 0) is 30.0 Å². The van der Waals surface area contributed by atoms with Crippen LogP contribution < -0.4 is 15.2 Å². The molecule has 3 nitrogen and oxygen atoms in total. The van der Waals surface area contributed by atoms with Crippen LogP contribution in [0.25, 0.3) is 6.08 Å². The van der Waals surface area contributed by atoms with Crippen molar-refractivity contribution >= 4 is 6.08 Å². The average molecular weight is 163 g/mol. The quantitative estimate of drug-likeness (QED) is 0.679. The van der Waals surface area contributed by atoms with E-state index in [-0.39, 0.29) is 0 Å². The van der Waals surface area contributed by atoms with Crippen molar-refractivity contribution in [1.29, 1.82) is 0 Å². The topological polar surface area (TPSA) is 44.5 Å². The normalized spacial score (nSPS) is 14.0. The highest BCUT2D eigenvalue weighted by atomic mass is 16.7. The predicted octanol–water partition coefficient (Wildman–Crippen LogP) is 1.34. The summed E-state index contributed by atoms with van der Waals surface area (Å²) in [6.45, 7) is 0.311. The molecule has 0 radical (unpaired) electrons. The molecule has 0 aromatic heterocycles. The molecule has 0 aliphatic carbocycles. The van der Waals surface area contributed by atoms with Gasteiger partial charge in [0, 0.05) is 0 Å². The van der Waals surface area contributed by atoms with Gasteiger partial charge in [-0.15, -0.1) is 0 Å². The molecule has 0 bridgehead atoms. The van der Waals surface area contributed by atoms with Crippen LogP contribution in [0, 0.1) is 0 Å². The second-order valence-corrected chi connectivity index (χ2v) is 2.47. The Morgan fingerprint density at radius 1 is 1.25 bits per heavy atom. The third-order valence-electron chi connectivity index (χ3n) is 1.69. The summed E-state index contributed by atoms with van der Waals surface area (Å²) in [6, 6.07) is 5.69. The molecule has 0 atom stereocenters. The molecule has 1 aromatic carbocycles. The Labute approximate surface area is 70.4 Å². The van der Waals surface area contributed by atoms with E-state index >= 15 is 0 Å². The van der Waals surface area contributed by atoms with Crippen LogP contribution in [0.5, 0.6) is 11.5 Å². The van der Waals surface area contributed by atoms with Crippen molar-refractivity contribution in [2.45, 2.75) is 0 Å². The lowest BCUT2D eigenvalue weighted by atomic mass is 10.2. The summed E-state index contributed by atoms with van der Waals surface area (Å²) in [5.74, 6) is 1.58. The maximum Gasteiger partial charge on any atom is 0.231 e. The average Bonchev–Trinajstić information content (AvgIpc) is 2.51. The molecular formula is C9H9NO2. The lowest BCUT2D eigenvalue weighted by Gasteiger charge is -1.96. The zero-order chi connectivity index (χ0) is 8.39. The van der Waals surface area contributed by atoms with Gasteiger partial charge in [0.15, 0.2) is 11.5 Å². The standard InChI is InChI=1S/C9H9NO2/c10-4-3-7-1-2-8-9(5-7)12-6-11-8/h1-5H,6,10H2. The first-order valence-electron chi connectivity index (χ1n) is 3.68. The van der Waals surface area contributed by atoms with Crippen molar-refractivity contribution in [3.8, 4) is 11.5 Å². The maximum atomic E-state index is 5.25. The van der Waals surface area contributed by atoms with Crippen LogP contribution in [0.2, 0.25) is 0 Å². The highest BCUT2D eigenvalue weighted by molar-refractivity contribution is 5.56. The van der Waals surface area contributed by atoms with E-state index in [0.717, 1.165) is 17.1 Å². The fraction of sp³-hybridized carbons (Fsp3) is 0.111. The van der Waals surface area contributed by atoms with E-state index in [1.807, 2.05) is 24.3 Å². The monoisotopic (exact) mass is 163 g/mol. The number of hydrogen-bond donors (Lipinski definition) is 1. The molecule has 1 aliphatic rings. The minimum atomic E-state index is 0.311. The Kier molecular flexibility index (Phi) is 1.63. The minimum Gasteiger partial charge on any atom is -0.454 e. The predicted molar refractivity (Wildman–Crippen MR) is 45.8 cm³/mol. The lowest BCUT2D eigenvalue weighted by molar-refractivity contribution is 0.174. The Bertz CT molecular complexity index is 320. The molecule has 62 valence electrons. The van der Waals surface area contributed by atoms with E-state index in [9.17, 15) is 0 Å². The largest absolute Gasteiger partial charge is 0.454 e. The summed E-state index contributed by atoms with van der Waals surface area (Å²) in [6.07, 6.45) is 3.31. The molecule has 2 rings (SSSR count). The molecule has 1 aromatic rings. The highest BCUT2D eigenvalue weighted by Crippen LogP contribution is 2.32. The number of rotatable bonds is 1. The van der Waals surface area contributed by atoms with Crippen molar-refractivity contribution in [1.82, 2.24) is 0 Å². The summed E-state index contributed by atoms with van der Waals surface area (Å²) in [4.78, 5) is 0. The highest BCUT2D eigenvalue weighted by Gasteiger charge is 2.11. The lowest BCUT2D eigenvalue weighted by Crippen LogP contribution is -1.92. The van der Waals surface area contributed by atoms with Gasteiger partial charge in [0.25, 0.3) is 0 Å². The molecule has 0 saturated heterocycles. The Morgan fingerprint density at radius 2 is 2.08 bits per heavy atom.